The molecule has 0 saturated carbocycles. The molecular formula is C67H60BN3O. The van der Waals surface area contributed by atoms with E-state index in [0.29, 0.717) is 5.89 Å². The molecule has 5 aliphatic rings. The number of hydrogen-bond acceptors (Lipinski definition) is 3. The van der Waals surface area contributed by atoms with Gasteiger partial charge < -0.3 is 13.8 Å². The summed E-state index contributed by atoms with van der Waals surface area (Å²) in [5, 5.41) is 2.56. The van der Waals surface area contributed by atoms with Crippen molar-refractivity contribution in [2.45, 2.75) is 116 Å². The summed E-state index contributed by atoms with van der Waals surface area (Å²) in [4.78, 5) is 7.97. The molecule has 2 aromatic heterocycles. The third kappa shape index (κ3) is 5.37. The normalized spacial score (nSPS) is 17.7. The maximum Gasteiger partial charge on any atom is 0.333 e. The zero-order valence-electron chi connectivity index (χ0n) is 43.5. The zero-order valence-corrected chi connectivity index (χ0v) is 43.5. The summed E-state index contributed by atoms with van der Waals surface area (Å²) < 4.78 is 9.40. The molecule has 0 N–H and O–H groups in total. The Morgan fingerprint density at radius 2 is 1.17 bits per heavy atom. The zero-order chi connectivity index (χ0) is 49.3. The minimum atomic E-state index is -0.191. The first-order chi connectivity index (χ1) is 34.3. The van der Waals surface area contributed by atoms with Gasteiger partial charge >= 0.3 is 6.85 Å². The van der Waals surface area contributed by atoms with Crippen molar-refractivity contribution in [1.82, 2.24) is 9.55 Å². The minimum absolute atomic E-state index is 0.0114. The second-order valence-corrected chi connectivity index (χ2v) is 25.4. The molecule has 15 rings (SSSR count). The van der Waals surface area contributed by atoms with E-state index >= 15 is 0 Å². The van der Waals surface area contributed by atoms with E-state index in [2.05, 4.69) is 219 Å². The van der Waals surface area contributed by atoms with Gasteiger partial charge in [-0.15, -0.1) is 0 Å². The van der Waals surface area contributed by atoms with Crippen LogP contribution in [0.2, 0.25) is 0 Å². The average Bonchev–Trinajstić information content (AvgIpc) is 4.06. The fraction of sp³-hybridized carbons (Fsp3) is 0.269. The number of anilines is 2. The molecule has 8 aromatic carbocycles. The van der Waals surface area contributed by atoms with Crippen LogP contribution in [0.1, 0.15) is 128 Å². The lowest BCUT2D eigenvalue weighted by molar-refractivity contribution is 0.331. The summed E-state index contributed by atoms with van der Waals surface area (Å²) in [6.45, 7) is 26.4. The molecule has 352 valence electrons. The highest BCUT2D eigenvalue weighted by molar-refractivity contribution is 6.93. The van der Waals surface area contributed by atoms with Gasteiger partial charge in [0.25, 0.3) is 0 Å². The van der Waals surface area contributed by atoms with Gasteiger partial charge in [0.2, 0.25) is 5.89 Å². The summed E-state index contributed by atoms with van der Waals surface area (Å²) in [5.74, 6) is 0.639. The average molecular weight is 934 g/mol. The Bertz CT molecular complexity index is 4080. The molecule has 0 bridgehead atoms. The van der Waals surface area contributed by atoms with Gasteiger partial charge in [0.05, 0.1) is 11.0 Å². The summed E-state index contributed by atoms with van der Waals surface area (Å²) in [5.41, 5.74) is 29.2. The molecule has 72 heavy (non-hydrogen) atoms. The van der Waals surface area contributed by atoms with Crippen LogP contribution < -0.4 is 15.7 Å². The number of fused-ring (bicyclic) bond motifs is 16. The highest BCUT2D eigenvalue weighted by atomic mass is 16.3. The molecule has 0 spiro atoms. The van der Waals surface area contributed by atoms with Crippen LogP contribution in [0.4, 0.5) is 11.4 Å². The van der Waals surface area contributed by atoms with Crippen molar-refractivity contribution in [1.29, 1.82) is 0 Å². The van der Waals surface area contributed by atoms with E-state index in [1.165, 1.54) is 129 Å². The second kappa shape index (κ2) is 13.5. The standard InChI is InChI=1S/C67H60BN3O/c1-63(2,3)38-21-23-39(24-22-38)71-57-32-45-44-30-52-53(65(6,7)28-27-64(52,4)5)33-50(44)67(10,11)49(45)31-47(57)41-25-26-42-46-29-43-40-19-15-16-20-48(40)66(8,9)51(43)34-56(46)70-58-36-59-55(35-54(58)68(71)60(41)61(42)70)69-62(72-59)37-17-13-12-14-18-37/h12-26,29-36H,27-28H2,1-11H3. The Morgan fingerprint density at radius 3 is 1.92 bits per heavy atom. The van der Waals surface area contributed by atoms with Gasteiger partial charge in [-0.3, -0.25) is 0 Å². The van der Waals surface area contributed by atoms with Crippen LogP contribution >= 0.6 is 0 Å². The van der Waals surface area contributed by atoms with Crippen molar-refractivity contribution in [3.8, 4) is 50.5 Å². The summed E-state index contributed by atoms with van der Waals surface area (Å²) >= 11 is 0. The third-order valence-electron chi connectivity index (χ3n) is 18.6. The summed E-state index contributed by atoms with van der Waals surface area (Å²) in [6, 6.07) is 53.9. The Hall–Kier alpha value is -7.11. The van der Waals surface area contributed by atoms with E-state index in [9.17, 15) is 0 Å². The molecule has 2 aliphatic heterocycles. The first-order valence-electron chi connectivity index (χ1n) is 26.4. The summed E-state index contributed by atoms with van der Waals surface area (Å²) in [6.07, 6.45) is 2.39. The SMILES string of the molecule is CC(C)(C)c1ccc(N2B3c4cc5nc(-c6ccccc6)oc5cc4-n4c5cc6c(cc5c5ccc(c3c54)-c3cc4c(cc32)-c2cc3c(cc2C4(C)C)C(C)(C)CCC3(C)C)-c2ccccc2C6(C)C)cc1. The Balaban J connectivity index is 1.07. The molecule has 5 heteroatoms. The van der Waals surface area contributed by atoms with Crippen LogP contribution in [0.25, 0.3) is 83.4 Å². The minimum Gasteiger partial charge on any atom is -0.436 e. The summed E-state index contributed by atoms with van der Waals surface area (Å²) in [7, 11) is 0. The van der Waals surface area contributed by atoms with Crippen LogP contribution in [0.5, 0.6) is 0 Å². The van der Waals surface area contributed by atoms with Gasteiger partial charge in [-0.25, -0.2) is 4.98 Å². The molecule has 0 amide bonds. The lowest BCUT2D eigenvalue weighted by atomic mass is 9.44. The second-order valence-electron chi connectivity index (χ2n) is 25.4. The molecule has 0 unspecified atom stereocenters. The lowest BCUT2D eigenvalue weighted by Crippen LogP contribution is -2.60. The number of nitrogens with zero attached hydrogens (tertiary/aromatic N) is 3. The van der Waals surface area contributed by atoms with Gasteiger partial charge in [-0.1, -0.05) is 149 Å². The fourth-order valence-electron chi connectivity index (χ4n) is 14.4. The van der Waals surface area contributed by atoms with Crippen LogP contribution in [0.3, 0.4) is 0 Å². The largest absolute Gasteiger partial charge is 0.436 e. The number of rotatable bonds is 2. The Morgan fingerprint density at radius 1 is 0.528 bits per heavy atom. The number of hydrogen-bond donors (Lipinski definition) is 0. The van der Waals surface area contributed by atoms with Crippen molar-refractivity contribution >= 4 is 62.1 Å². The van der Waals surface area contributed by atoms with Crippen LogP contribution in [-0.2, 0) is 27.1 Å². The molecule has 0 atom stereocenters. The fourth-order valence-corrected chi connectivity index (χ4v) is 14.4. The van der Waals surface area contributed by atoms with E-state index in [1.807, 2.05) is 6.07 Å². The molecule has 10 aromatic rings. The number of benzene rings is 8. The van der Waals surface area contributed by atoms with Crippen molar-refractivity contribution < 1.29 is 4.42 Å². The molecule has 0 saturated heterocycles. The maximum atomic E-state index is 6.79. The van der Waals surface area contributed by atoms with Crippen LogP contribution in [0, 0.1) is 0 Å². The topological polar surface area (TPSA) is 34.2 Å². The highest BCUT2D eigenvalue weighted by Crippen LogP contribution is 2.58. The molecule has 4 nitrogen and oxygen atoms in total. The predicted octanol–water partition coefficient (Wildman–Crippen LogP) is 16.1. The molecule has 0 fully saturated rings. The first kappa shape index (κ1) is 42.6. The van der Waals surface area contributed by atoms with Crippen molar-refractivity contribution in [2.75, 3.05) is 4.81 Å². The van der Waals surface area contributed by atoms with Crippen molar-refractivity contribution in [2.24, 2.45) is 0 Å². The molecule has 3 aliphatic carbocycles. The van der Waals surface area contributed by atoms with Crippen molar-refractivity contribution in [3.05, 3.63) is 178 Å². The maximum absolute atomic E-state index is 6.79. The van der Waals surface area contributed by atoms with E-state index in [-0.39, 0.29) is 33.9 Å². The lowest BCUT2D eigenvalue weighted by Gasteiger charge is -2.42. The monoisotopic (exact) mass is 933 g/mol. The van der Waals surface area contributed by atoms with Crippen molar-refractivity contribution in [3.63, 3.8) is 0 Å². The van der Waals surface area contributed by atoms with Gasteiger partial charge in [-0.05, 0) is 167 Å². The van der Waals surface area contributed by atoms with Gasteiger partial charge in [0, 0.05) is 55.9 Å². The van der Waals surface area contributed by atoms with E-state index in [0.717, 1.165) is 22.4 Å². The Labute approximate surface area is 423 Å². The van der Waals surface area contributed by atoms with Gasteiger partial charge in [-0.2, -0.15) is 0 Å². The quantitative estimate of drug-likeness (QED) is 0.162. The van der Waals surface area contributed by atoms with E-state index in [4.69, 9.17) is 9.40 Å². The highest BCUT2D eigenvalue weighted by Gasteiger charge is 2.48. The van der Waals surface area contributed by atoms with Gasteiger partial charge in [0.1, 0.15) is 5.52 Å². The molecular weight excluding hydrogens is 874 g/mol. The molecule has 4 heterocycles. The van der Waals surface area contributed by atoms with Crippen LogP contribution in [0.15, 0.2) is 144 Å². The number of aromatic nitrogens is 2. The predicted molar refractivity (Wildman–Crippen MR) is 302 cm³/mol. The third-order valence-corrected chi connectivity index (χ3v) is 18.6. The molecule has 0 radical (unpaired) electrons. The first-order valence-corrected chi connectivity index (χ1v) is 26.4. The smallest absolute Gasteiger partial charge is 0.333 e. The van der Waals surface area contributed by atoms with Crippen LogP contribution in [-0.4, -0.2) is 16.4 Å². The van der Waals surface area contributed by atoms with E-state index in [1.54, 1.807) is 0 Å². The Kier molecular flexibility index (Phi) is 7.97. The van der Waals surface area contributed by atoms with Gasteiger partial charge in [0.15, 0.2) is 5.58 Å². The number of oxazole rings is 1. The van der Waals surface area contributed by atoms with E-state index < -0.39 is 0 Å².